The Balaban J connectivity index is 2.04. The molecule has 3 N–H and O–H groups in total. The Morgan fingerprint density at radius 3 is 2.76 bits per heavy atom. The molecule has 0 saturated heterocycles. The molecule has 21 heavy (non-hydrogen) atoms. The van der Waals surface area contributed by atoms with Crippen molar-refractivity contribution >= 4 is 28.9 Å². The number of hydrogen-bond acceptors (Lipinski definition) is 3. The number of amides is 1. The van der Waals surface area contributed by atoms with Gasteiger partial charge in [-0.05, 0) is 30.9 Å². The van der Waals surface area contributed by atoms with Gasteiger partial charge in [-0.2, -0.15) is 0 Å². The molecular weight excluding hydrogens is 286 g/mol. The van der Waals surface area contributed by atoms with E-state index in [-0.39, 0.29) is 11.9 Å². The van der Waals surface area contributed by atoms with Crippen molar-refractivity contribution in [2.45, 2.75) is 38.1 Å². The van der Waals surface area contributed by atoms with Gasteiger partial charge in [0.25, 0.3) is 0 Å². The third-order valence-corrected chi connectivity index (χ3v) is 4.43. The molecule has 1 aromatic carbocycles. The Labute approximate surface area is 131 Å². The second kappa shape index (κ2) is 7.14. The molecule has 116 valence electrons. The number of para-hydroxylation sites is 1. The van der Waals surface area contributed by atoms with Gasteiger partial charge in [-0.1, -0.05) is 30.5 Å². The smallest absolute Gasteiger partial charge is 0.224 e. The van der Waals surface area contributed by atoms with Gasteiger partial charge in [0.1, 0.15) is 0 Å². The molecule has 0 radical (unpaired) electrons. The van der Waals surface area contributed by atoms with Crippen LogP contribution < -0.4 is 16.0 Å². The van der Waals surface area contributed by atoms with Crippen LogP contribution in [0.25, 0.3) is 0 Å². The van der Waals surface area contributed by atoms with E-state index in [2.05, 4.69) is 5.32 Å². The van der Waals surface area contributed by atoms with Crippen molar-refractivity contribution < 1.29 is 4.79 Å². The van der Waals surface area contributed by atoms with Gasteiger partial charge in [0.05, 0.1) is 16.4 Å². The van der Waals surface area contributed by atoms with Gasteiger partial charge in [0.15, 0.2) is 0 Å². The van der Waals surface area contributed by atoms with E-state index in [0.717, 1.165) is 24.2 Å². The molecule has 1 fully saturated rings. The molecular formula is C16H24ClN3O. The summed E-state index contributed by atoms with van der Waals surface area (Å²) in [6, 6.07) is 5.69. The average Bonchev–Trinajstić information content (AvgIpc) is 2.41. The molecule has 5 heteroatoms. The molecule has 0 spiro atoms. The van der Waals surface area contributed by atoms with E-state index >= 15 is 0 Å². The van der Waals surface area contributed by atoms with E-state index in [9.17, 15) is 4.79 Å². The minimum Gasteiger partial charge on any atom is -0.375 e. The zero-order chi connectivity index (χ0) is 15.4. The first-order valence-electron chi connectivity index (χ1n) is 7.50. The Morgan fingerprint density at radius 2 is 2.10 bits per heavy atom. The van der Waals surface area contributed by atoms with Crippen LogP contribution in [-0.2, 0) is 4.79 Å². The van der Waals surface area contributed by atoms with Gasteiger partial charge in [-0.25, -0.2) is 0 Å². The molecule has 4 nitrogen and oxygen atoms in total. The quantitative estimate of drug-likeness (QED) is 0.897. The van der Waals surface area contributed by atoms with Crippen LogP contribution in [0.2, 0.25) is 5.02 Å². The summed E-state index contributed by atoms with van der Waals surface area (Å²) >= 11 is 6.21. The SMILES string of the molecule is CN(C)c1c(Cl)cccc1NC(=O)CC1CCCCC1N. The number of anilines is 2. The lowest BCUT2D eigenvalue weighted by Crippen LogP contribution is -2.35. The van der Waals surface area contributed by atoms with Crippen LogP contribution in [0.5, 0.6) is 0 Å². The van der Waals surface area contributed by atoms with Crippen LogP contribution in [0, 0.1) is 5.92 Å². The van der Waals surface area contributed by atoms with Crippen molar-refractivity contribution in [3.63, 3.8) is 0 Å². The van der Waals surface area contributed by atoms with Crippen molar-refractivity contribution in [1.29, 1.82) is 0 Å². The summed E-state index contributed by atoms with van der Waals surface area (Å²) in [6.45, 7) is 0. The van der Waals surface area contributed by atoms with Gasteiger partial charge in [0.2, 0.25) is 5.91 Å². The highest BCUT2D eigenvalue weighted by atomic mass is 35.5. The topological polar surface area (TPSA) is 58.4 Å². The van der Waals surface area contributed by atoms with Crippen LogP contribution in [0.15, 0.2) is 18.2 Å². The Kier molecular flexibility index (Phi) is 5.48. The number of hydrogen-bond donors (Lipinski definition) is 2. The predicted molar refractivity (Wildman–Crippen MR) is 89.0 cm³/mol. The number of carbonyl (C=O) groups is 1. The molecule has 0 heterocycles. The molecule has 1 amide bonds. The third-order valence-electron chi connectivity index (χ3n) is 4.12. The zero-order valence-corrected chi connectivity index (χ0v) is 13.5. The first kappa shape index (κ1) is 16.1. The molecule has 2 rings (SSSR count). The highest BCUT2D eigenvalue weighted by Crippen LogP contribution is 2.33. The minimum absolute atomic E-state index is 0.0164. The number of nitrogens with zero attached hydrogens (tertiary/aromatic N) is 1. The predicted octanol–water partition coefficient (Wildman–Crippen LogP) is 3.25. The highest BCUT2D eigenvalue weighted by Gasteiger charge is 2.24. The number of nitrogens with two attached hydrogens (primary N) is 1. The summed E-state index contributed by atoms with van der Waals surface area (Å²) in [6.07, 6.45) is 4.91. The number of carbonyl (C=O) groups excluding carboxylic acids is 1. The van der Waals surface area contributed by atoms with Crippen molar-refractivity contribution in [3.8, 4) is 0 Å². The number of halogens is 1. The first-order valence-corrected chi connectivity index (χ1v) is 7.88. The summed E-state index contributed by atoms with van der Waals surface area (Å²) < 4.78 is 0. The molecule has 1 aliphatic rings. The molecule has 1 saturated carbocycles. The third kappa shape index (κ3) is 4.11. The van der Waals surface area contributed by atoms with Crippen LogP contribution in [0.3, 0.4) is 0 Å². The standard InChI is InChI=1S/C16H24ClN3O/c1-20(2)16-12(17)7-5-9-14(16)19-15(21)10-11-6-3-4-8-13(11)18/h5,7,9,11,13H,3-4,6,8,10,18H2,1-2H3,(H,19,21). The van der Waals surface area contributed by atoms with Gasteiger partial charge in [-0.3, -0.25) is 4.79 Å². The zero-order valence-electron chi connectivity index (χ0n) is 12.7. The largest absolute Gasteiger partial charge is 0.375 e. The Bertz CT molecular complexity index is 504. The van der Waals surface area contributed by atoms with Gasteiger partial charge < -0.3 is 16.0 Å². The van der Waals surface area contributed by atoms with E-state index in [4.69, 9.17) is 17.3 Å². The highest BCUT2D eigenvalue weighted by molar-refractivity contribution is 6.34. The Hall–Kier alpha value is -1.26. The maximum absolute atomic E-state index is 12.3. The van der Waals surface area contributed by atoms with Crippen LogP contribution >= 0.6 is 11.6 Å². The molecule has 1 aliphatic carbocycles. The fourth-order valence-electron chi connectivity index (χ4n) is 3.00. The summed E-state index contributed by atoms with van der Waals surface area (Å²) in [4.78, 5) is 14.2. The molecule has 2 unspecified atom stereocenters. The fourth-order valence-corrected chi connectivity index (χ4v) is 3.34. The summed E-state index contributed by atoms with van der Waals surface area (Å²) in [5.74, 6) is 0.309. The molecule has 0 bridgehead atoms. The van der Waals surface area contributed by atoms with Crippen molar-refractivity contribution in [2.75, 3.05) is 24.3 Å². The van der Waals surface area contributed by atoms with Crippen molar-refractivity contribution in [2.24, 2.45) is 11.7 Å². The van der Waals surface area contributed by atoms with E-state index in [0.29, 0.717) is 17.4 Å². The molecule has 0 aromatic heterocycles. The van der Waals surface area contributed by atoms with E-state index in [1.165, 1.54) is 12.8 Å². The average molecular weight is 310 g/mol. The van der Waals surface area contributed by atoms with E-state index in [1.54, 1.807) is 0 Å². The lowest BCUT2D eigenvalue weighted by atomic mass is 9.83. The maximum atomic E-state index is 12.3. The fraction of sp³-hybridized carbons (Fsp3) is 0.562. The van der Waals surface area contributed by atoms with Crippen LogP contribution in [-0.4, -0.2) is 26.0 Å². The number of nitrogens with one attached hydrogen (secondary N) is 1. The van der Waals surface area contributed by atoms with Crippen molar-refractivity contribution in [3.05, 3.63) is 23.2 Å². The van der Waals surface area contributed by atoms with Crippen LogP contribution in [0.4, 0.5) is 11.4 Å². The number of rotatable bonds is 4. The second-order valence-electron chi connectivity index (χ2n) is 5.99. The molecule has 1 aromatic rings. The minimum atomic E-state index is 0.0164. The monoisotopic (exact) mass is 309 g/mol. The Morgan fingerprint density at radius 1 is 1.38 bits per heavy atom. The maximum Gasteiger partial charge on any atom is 0.224 e. The van der Waals surface area contributed by atoms with Gasteiger partial charge in [0, 0.05) is 26.6 Å². The van der Waals surface area contributed by atoms with Crippen molar-refractivity contribution in [1.82, 2.24) is 0 Å². The number of benzene rings is 1. The van der Waals surface area contributed by atoms with E-state index < -0.39 is 0 Å². The molecule has 0 aliphatic heterocycles. The normalized spacial score (nSPS) is 21.9. The summed E-state index contributed by atoms with van der Waals surface area (Å²) in [5, 5.41) is 3.61. The summed E-state index contributed by atoms with van der Waals surface area (Å²) in [7, 11) is 3.82. The summed E-state index contributed by atoms with van der Waals surface area (Å²) in [5.41, 5.74) is 7.70. The second-order valence-corrected chi connectivity index (χ2v) is 6.40. The molecule has 2 atom stereocenters. The first-order chi connectivity index (χ1) is 9.99. The van der Waals surface area contributed by atoms with Gasteiger partial charge >= 0.3 is 0 Å². The van der Waals surface area contributed by atoms with Gasteiger partial charge in [-0.15, -0.1) is 0 Å². The lowest BCUT2D eigenvalue weighted by Gasteiger charge is -2.28. The van der Waals surface area contributed by atoms with Crippen LogP contribution in [0.1, 0.15) is 32.1 Å². The lowest BCUT2D eigenvalue weighted by molar-refractivity contribution is -0.117. The van der Waals surface area contributed by atoms with E-state index in [1.807, 2.05) is 37.2 Å².